The molecule has 0 aliphatic rings. The highest BCUT2D eigenvalue weighted by Gasteiger charge is 2.17. The summed E-state index contributed by atoms with van der Waals surface area (Å²) in [5.41, 5.74) is 2.02. The fraction of sp³-hybridized carbons (Fsp3) is 0.105. The maximum Gasteiger partial charge on any atom is 0.253 e. The number of hydrogen-bond acceptors (Lipinski definition) is 6. The largest absolute Gasteiger partial charge is 0.253 e. The maximum atomic E-state index is 12.7. The first kappa shape index (κ1) is 17.7. The van der Waals surface area contributed by atoms with Crippen molar-refractivity contribution in [3.63, 3.8) is 0 Å². The van der Waals surface area contributed by atoms with Gasteiger partial charge in [0.15, 0.2) is 0 Å². The third kappa shape index (κ3) is 3.72. The molecule has 0 fully saturated rings. The van der Waals surface area contributed by atoms with E-state index in [4.69, 9.17) is 0 Å². The van der Waals surface area contributed by atoms with Crippen molar-refractivity contribution in [2.45, 2.75) is 27.6 Å². The number of thioether (sulfide) groups is 1. The molecule has 4 aromatic rings. The number of rotatable bonds is 5. The summed E-state index contributed by atoms with van der Waals surface area (Å²) in [7, 11) is -3.50. The summed E-state index contributed by atoms with van der Waals surface area (Å²) in [6.07, 6.45) is 3.47. The van der Waals surface area contributed by atoms with E-state index in [1.54, 1.807) is 59.4 Å². The first-order valence-corrected chi connectivity index (χ1v) is 10.7. The van der Waals surface area contributed by atoms with Gasteiger partial charge in [-0.25, -0.2) is 17.9 Å². The fourth-order valence-electron chi connectivity index (χ4n) is 2.54. The van der Waals surface area contributed by atoms with Gasteiger partial charge in [0.1, 0.15) is 0 Å². The lowest BCUT2D eigenvalue weighted by Gasteiger charge is -2.06. The molecular formula is C19H16N4O2S2. The topological polar surface area (TPSA) is 77.2 Å². The molecule has 0 N–H and O–H groups in total. The zero-order valence-corrected chi connectivity index (χ0v) is 16.1. The van der Waals surface area contributed by atoms with Gasteiger partial charge in [0.2, 0.25) is 15.0 Å². The van der Waals surface area contributed by atoms with Crippen LogP contribution in [-0.4, -0.2) is 28.0 Å². The summed E-state index contributed by atoms with van der Waals surface area (Å²) in [5, 5.41) is 4.97. The van der Waals surface area contributed by atoms with Gasteiger partial charge in [0.25, 0.3) is 5.78 Å². The molecule has 0 aliphatic carbocycles. The van der Waals surface area contributed by atoms with Gasteiger partial charge >= 0.3 is 0 Å². The van der Waals surface area contributed by atoms with Gasteiger partial charge in [0, 0.05) is 18.1 Å². The SMILES string of the molecule is Cc1ccc(S(=O)(=O)c2ccc(CSc3nc4ncccn4n3)cc2)cc1. The van der Waals surface area contributed by atoms with E-state index in [1.165, 1.54) is 11.8 Å². The molecule has 4 rings (SSSR count). The molecule has 0 atom stereocenters. The van der Waals surface area contributed by atoms with Crippen LogP contribution in [0.4, 0.5) is 0 Å². The lowest BCUT2D eigenvalue weighted by molar-refractivity contribution is 0.596. The Labute approximate surface area is 161 Å². The molecule has 0 saturated carbocycles. The number of hydrogen-bond donors (Lipinski definition) is 0. The standard InChI is InChI=1S/C19H16N4O2S2/c1-14-3-7-16(8-4-14)27(24,25)17-9-5-15(6-10-17)13-26-19-21-18-20-11-2-12-23(18)22-19/h2-12H,13H2,1H3. The number of aromatic nitrogens is 4. The van der Waals surface area contributed by atoms with Crippen LogP contribution in [0.1, 0.15) is 11.1 Å². The molecule has 2 aromatic heterocycles. The van der Waals surface area contributed by atoms with Crippen molar-refractivity contribution >= 4 is 27.4 Å². The highest BCUT2D eigenvalue weighted by atomic mass is 32.2. The zero-order valence-electron chi connectivity index (χ0n) is 14.5. The zero-order chi connectivity index (χ0) is 18.9. The lowest BCUT2D eigenvalue weighted by Crippen LogP contribution is -2.02. The Morgan fingerprint density at radius 2 is 1.67 bits per heavy atom. The Morgan fingerprint density at radius 1 is 1.00 bits per heavy atom. The van der Waals surface area contributed by atoms with Crippen LogP contribution in [0.3, 0.4) is 0 Å². The van der Waals surface area contributed by atoms with Crippen molar-refractivity contribution in [3.05, 3.63) is 78.1 Å². The Hall–Kier alpha value is -2.71. The summed E-state index contributed by atoms with van der Waals surface area (Å²) in [6, 6.07) is 15.6. The van der Waals surface area contributed by atoms with E-state index in [0.717, 1.165) is 11.1 Å². The molecule has 27 heavy (non-hydrogen) atoms. The second-order valence-corrected chi connectivity index (χ2v) is 8.90. The molecule has 0 spiro atoms. The van der Waals surface area contributed by atoms with Gasteiger partial charge in [-0.1, -0.05) is 41.6 Å². The van der Waals surface area contributed by atoms with E-state index in [2.05, 4.69) is 15.1 Å². The summed E-state index contributed by atoms with van der Waals surface area (Å²) in [6.45, 7) is 1.93. The molecule has 0 saturated heterocycles. The second kappa shape index (κ2) is 7.13. The van der Waals surface area contributed by atoms with E-state index >= 15 is 0 Å². The number of benzene rings is 2. The minimum Gasteiger partial charge on any atom is -0.220 e. The molecule has 136 valence electrons. The number of sulfone groups is 1. The van der Waals surface area contributed by atoms with Gasteiger partial charge in [-0.3, -0.25) is 0 Å². The molecule has 0 bridgehead atoms. The van der Waals surface area contributed by atoms with Crippen molar-refractivity contribution in [3.8, 4) is 0 Å². The molecule has 2 heterocycles. The van der Waals surface area contributed by atoms with Crippen molar-refractivity contribution in [2.75, 3.05) is 0 Å². The molecule has 0 amide bonds. The predicted molar refractivity (Wildman–Crippen MR) is 103 cm³/mol. The fourth-order valence-corrected chi connectivity index (χ4v) is 4.58. The van der Waals surface area contributed by atoms with E-state index < -0.39 is 9.84 Å². The average molecular weight is 396 g/mol. The quantitative estimate of drug-likeness (QED) is 0.480. The van der Waals surface area contributed by atoms with Gasteiger partial charge in [0.05, 0.1) is 9.79 Å². The molecule has 6 nitrogen and oxygen atoms in total. The van der Waals surface area contributed by atoms with Gasteiger partial charge < -0.3 is 0 Å². The van der Waals surface area contributed by atoms with E-state index in [-0.39, 0.29) is 4.90 Å². The summed E-state index contributed by atoms with van der Waals surface area (Å²) < 4.78 is 27.0. The summed E-state index contributed by atoms with van der Waals surface area (Å²) >= 11 is 1.48. The lowest BCUT2D eigenvalue weighted by atomic mass is 10.2. The van der Waals surface area contributed by atoms with Crippen LogP contribution in [0.15, 0.2) is 81.9 Å². The average Bonchev–Trinajstić information content (AvgIpc) is 3.10. The number of nitrogens with zero attached hydrogens (tertiary/aromatic N) is 4. The van der Waals surface area contributed by atoms with Crippen LogP contribution >= 0.6 is 11.8 Å². The first-order valence-electron chi connectivity index (χ1n) is 8.23. The normalized spacial score (nSPS) is 11.7. The van der Waals surface area contributed by atoms with E-state index in [1.807, 2.05) is 19.1 Å². The van der Waals surface area contributed by atoms with Crippen LogP contribution < -0.4 is 0 Å². The first-order chi connectivity index (χ1) is 13.0. The number of fused-ring (bicyclic) bond motifs is 1. The van der Waals surface area contributed by atoms with Crippen LogP contribution in [0.2, 0.25) is 0 Å². The molecule has 0 unspecified atom stereocenters. The third-order valence-corrected chi connectivity index (χ3v) is 6.72. The smallest absolute Gasteiger partial charge is 0.220 e. The van der Waals surface area contributed by atoms with Crippen molar-refractivity contribution in [1.82, 2.24) is 19.6 Å². The Balaban J connectivity index is 1.49. The third-order valence-electron chi connectivity index (χ3n) is 4.03. The molecule has 8 heteroatoms. The van der Waals surface area contributed by atoms with Gasteiger partial charge in [-0.05, 0) is 42.8 Å². The Bertz CT molecular complexity index is 1150. The van der Waals surface area contributed by atoms with E-state index in [0.29, 0.717) is 21.6 Å². The minimum absolute atomic E-state index is 0.287. The van der Waals surface area contributed by atoms with E-state index in [9.17, 15) is 8.42 Å². The van der Waals surface area contributed by atoms with Crippen LogP contribution in [0.5, 0.6) is 0 Å². The predicted octanol–water partition coefficient (Wildman–Crippen LogP) is 3.56. The van der Waals surface area contributed by atoms with Crippen molar-refractivity contribution < 1.29 is 8.42 Å². The van der Waals surface area contributed by atoms with Gasteiger partial charge in [-0.2, -0.15) is 4.98 Å². The van der Waals surface area contributed by atoms with Crippen LogP contribution in [0.25, 0.3) is 5.78 Å². The molecular weight excluding hydrogens is 380 g/mol. The highest BCUT2D eigenvalue weighted by Crippen LogP contribution is 2.24. The van der Waals surface area contributed by atoms with Crippen LogP contribution in [-0.2, 0) is 15.6 Å². The van der Waals surface area contributed by atoms with Crippen molar-refractivity contribution in [1.29, 1.82) is 0 Å². The Morgan fingerprint density at radius 3 is 2.33 bits per heavy atom. The highest BCUT2D eigenvalue weighted by molar-refractivity contribution is 7.98. The summed E-state index contributed by atoms with van der Waals surface area (Å²) in [4.78, 5) is 9.07. The second-order valence-electron chi connectivity index (χ2n) is 6.01. The monoisotopic (exact) mass is 396 g/mol. The molecule has 2 aromatic carbocycles. The van der Waals surface area contributed by atoms with Crippen LogP contribution in [0, 0.1) is 6.92 Å². The Kier molecular flexibility index (Phi) is 4.67. The van der Waals surface area contributed by atoms with Crippen molar-refractivity contribution in [2.24, 2.45) is 0 Å². The summed E-state index contributed by atoms with van der Waals surface area (Å²) in [5.74, 6) is 1.20. The molecule has 0 radical (unpaired) electrons. The van der Waals surface area contributed by atoms with Gasteiger partial charge in [-0.15, -0.1) is 5.10 Å². The number of aryl methyl sites for hydroxylation is 1. The maximum absolute atomic E-state index is 12.7. The molecule has 0 aliphatic heterocycles. The minimum atomic E-state index is -3.50.